The molecule has 6 nitrogen and oxygen atoms in total. The number of benzene rings is 1. The molecule has 2 heterocycles. The number of halogens is 2. The number of anilines is 2. The fraction of sp³-hybridized carbons (Fsp3) is 0.238. The van der Waals surface area contributed by atoms with Crippen molar-refractivity contribution in [1.82, 2.24) is 15.0 Å². The van der Waals surface area contributed by atoms with E-state index < -0.39 is 5.82 Å². The highest BCUT2D eigenvalue weighted by molar-refractivity contribution is 6.31. The highest BCUT2D eigenvalue weighted by Gasteiger charge is 2.24. The SMILES string of the molecule is CC(C)c1[nH]c(=O)c(-c2ccc(F)c(Cl)c2)cc1Nc1ncnc2c1CC(=O)C2. The van der Waals surface area contributed by atoms with Gasteiger partial charge in [-0.25, -0.2) is 14.4 Å². The Balaban J connectivity index is 1.83. The lowest BCUT2D eigenvalue weighted by Gasteiger charge is -2.17. The lowest BCUT2D eigenvalue weighted by Crippen LogP contribution is -2.15. The average molecular weight is 413 g/mol. The standard InChI is InChI=1S/C21H18ClFN4O2/c1-10(2)19-18(26-20-14-6-12(28)7-17(14)24-9-25-20)8-13(21(29)27-19)11-3-4-16(23)15(22)5-11/h3-5,8-10H,6-7H2,1-2H3,(H,27,29)(H,24,25,26). The van der Waals surface area contributed by atoms with Crippen LogP contribution in [0.2, 0.25) is 5.02 Å². The molecule has 0 unspecified atom stereocenters. The van der Waals surface area contributed by atoms with E-state index >= 15 is 0 Å². The molecule has 1 aliphatic rings. The number of carbonyl (C=O) groups excluding carboxylic acids is 1. The first-order valence-electron chi connectivity index (χ1n) is 9.17. The fourth-order valence-corrected chi connectivity index (χ4v) is 3.63. The molecule has 29 heavy (non-hydrogen) atoms. The molecule has 0 saturated heterocycles. The summed E-state index contributed by atoms with van der Waals surface area (Å²) in [4.78, 5) is 35.9. The van der Waals surface area contributed by atoms with Gasteiger partial charge in [0, 0.05) is 29.7 Å². The van der Waals surface area contributed by atoms with Gasteiger partial charge in [-0.15, -0.1) is 0 Å². The Morgan fingerprint density at radius 3 is 2.69 bits per heavy atom. The van der Waals surface area contributed by atoms with Gasteiger partial charge in [-0.1, -0.05) is 31.5 Å². The third-order valence-electron chi connectivity index (χ3n) is 4.91. The smallest absolute Gasteiger partial charge is 0.256 e. The van der Waals surface area contributed by atoms with E-state index in [9.17, 15) is 14.0 Å². The zero-order chi connectivity index (χ0) is 20.7. The zero-order valence-corrected chi connectivity index (χ0v) is 16.6. The van der Waals surface area contributed by atoms with E-state index in [0.29, 0.717) is 40.4 Å². The summed E-state index contributed by atoms with van der Waals surface area (Å²) in [5.41, 5.74) is 3.38. The topological polar surface area (TPSA) is 87.7 Å². The predicted octanol–water partition coefficient (Wildman–Crippen LogP) is 4.16. The molecule has 4 rings (SSSR count). The van der Waals surface area contributed by atoms with E-state index in [0.717, 1.165) is 5.56 Å². The highest BCUT2D eigenvalue weighted by atomic mass is 35.5. The predicted molar refractivity (Wildman–Crippen MR) is 109 cm³/mol. The largest absolute Gasteiger partial charge is 0.338 e. The number of aromatic amines is 1. The van der Waals surface area contributed by atoms with Crippen molar-refractivity contribution in [2.24, 2.45) is 0 Å². The van der Waals surface area contributed by atoms with E-state index in [1.54, 1.807) is 6.07 Å². The van der Waals surface area contributed by atoms with Gasteiger partial charge in [0.2, 0.25) is 0 Å². The van der Waals surface area contributed by atoms with Crippen molar-refractivity contribution in [3.8, 4) is 11.1 Å². The first-order chi connectivity index (χ1) is 13.8. The summed E-state index contributed by atoms with van der Waals surface area (Å²) in [7, 11) is 0. The average Bonchev–Trinajstić information content (AvgIpc) is 3.06. The van der Waals surface area contributed by atoms with E-state index in [1.165, 1.54) is 24.5 Å². The van der Waals surface area contributed by atoms with Crippen LogP contribution in [-0.2, 0) is 17.6 Å². The van der Waals surface area contributed by atoms with Crippen molar-refractivity contribution in [2.45, 2.75) is 32.6 Å². The first kappa shape index (κ1) is 19.3. The lowest BCUT2D eigenvalue weighted by molar-refractivity contribution is -0.117. The minimum Gasteiger partial charge on any atom is -0.338 e. The van der Waals surface area contributed by atoms with Crippen molar-refractivity contribution >= 4 is 28.9 Å². The van der Waals surface area contributed by atoms with Crippen LogP contribution in [0.1, 0.15) is 36.7 Å². The van der Waals surface area contributed by atoms with Gasteiger partial charge in [0.15, 0.2) is 0 Å². The van der Waals surface area contributed by atoms with Gasteiger partial charge in [-0.2, -0.15) is 0 Å². The summed E-state index contributed by atoms with van der Waals surface area (Å²) < 4.78 is 13.5. The number of fused-ring (bicyclic) bond motifs is 1. The minimum atomic E-state index is -0.551. The molecule has 0 bridgehead atoms. The van der Waals surface area contributed by atoms with Crippen LogP contribution in [0, 0.1) is 5.82 Å². The second-order valence-electron chi connectivity index (χ2n) is 7.29. The molecule has 0 spiro atoms. The van der Waals surface area contributed by atoms with E-state index in [4.69, 9.17) is 11.6 Å². The lowest BCUT2D eigenvalue weighted by atomic mass is 10.0. The molecule has 148 valence electrons. The third-order valence-corrected chi connectivity index (χ3v) is 5.20. The number of hydrogen-bond donors (Lipinski definition) is 2. The van der Waals surface area contributed by atoms with Gasteiger partial charge in [0.25, 0.3) is 5.56 Å². The maximum atomic E-state index is 13.5. The van der Waals surface area contributed by atoms with Gasteiger partial charge in [-0.05, 0) is 29.7 Å². The number of carbonyl (C=O) groups is 1. The maximum absolute atomic E-state index is 13.5. The molecule has 1 aromatic carbocycles. The third kappa shape index (κ3) is 3.65. The molecular formula is C21H18ClFN4O2. The fourth-order valence-electron chi connectivity index (χ4n) is 3.45. The van der Waals surface area contributed by atoms with Crippen LogP contribution in [0.25, 0.3) is 11.1 Å². The summed E-state index contributed by atoms with van der Waals surface area (Å²) in [5, 5.41) is 3.20. The van der Waals surface area contributed by atoms with Crippen molar-refractivity contribution in [1.29, 1.82) is 0 Å². The number of nitrogens with one attached hydrogen (secondary N) is 2. The molecule has 0 saturated carbocycles. The Kier molecular flexibility index (Phi) is 4.92. The Morgan fingerprint density at radius 2 is 1.97 bits per heavy atom. The van der Waals surface area contributed by atoms with Crippen molar-refractivity contribution in [3.05, 3.63) is 68.7 Å². The summed E-state index contributed by atoms with van der Waals surface area (Å²) in [5.74, 6) is 0.103. The number of nitrogens with zero attached hydrogens (tertiary/aromatic N) is 2. The molecule has 8 heteroatoms. The summed E-state index contributed by atoms with van der Waals surface area (Å²) in [6.07, 6.45) is 2.00. The van der Waals surface area contributed by atoms with Gasteiger partial charge in [0.05, 0.1) is 16.4 Å². The molecule has 0 amide bonds. The van der Waals surface area contributed by atoms with E-state index in [-0.39, 0.29) is 28.7 Å². The Morgan fingerprint density at radius 1 is 1.17 bits per heavy atom. The van der Waals surface area contributed by atoms with E-state index in [1.807, 2.05) is 13.8 Å². The molecule has 3 aromatic rings. The molecule has 0 fully saturated rings. The molecule has 2 aromatic heterocycles. The Hall–Kier alpha value is -3.06. The molecule has 2 N–H and O–H groups in total. The van der Waals surface area contributed by atoms with Crippen LogP contribution >= 0.6 is 11.6 Å². The summed E-state index contributed by atoms with van der Waals surface area (Å²) in [6.45, 7) is 3.91. The highest BCUT2D eigenvalue weighted by Crippen LogP contribution is 2.32. The van der Waals surface area contributed by atoms with Gasteiger partial charge < -0.3 is 10.3 Å². The van der Waals surface area contributed by atoms with Crippen molar-refractivity contribution in [2.75, 3.05) is 5.32 Å². The summed E-state index contributed by atoms with van der Waals surface area (Å²) >= 11 is 5.89. The second kappa shape index (κ2) is 7.40. The number of hydrogen-bond acceptors (Lipinski definition) is 5. The Bertz CT molecular complexity index is 1190. The first-order valence-corrected chi connectivity index (χ1v) is 9.55. The number of ketones is 1. The Labute approximate surface area is 171 Å². The van der Waals surface area contributed by atoms with Crippen LogP contribution in [0.4, 0.5) is 15.9 Å². The molecular weight excluding hydrogens is 395 g/mol. The van der Waals surface area contributed by atoms with Crippen LogP contribution in [0.3, 0.4) is 0 Å². The van der Waals surface area contributed by atoms with Crippen LogP contribution in [0.5, 0.6) is 0 Å². The van der Waals surface area contributed by atoms with Crippen LogP contribution in [-0.4, -0.2) is 20.7 Å². The van der Waals surface area contributed by atoms with E-state index in [2.05, 4.69) is 20.3 Å². The number of rotatable bonds is 4. The number of H-pyrrole nitrogens is 1. The second-order valence-corrected chi connectivity index (χ2v) is 7.70. The molecule has 1 aliphatic carbocycles. The zero-order valence-electron chi connectivity index (χ0n) is 15.8. The van der Waals surface area contributed by atoms with Crippen molar-refractivity contribution < 1.29 is 9.18 Å². The summed E-state index contributed by atoms with van der Waals surface area (Å²) in [6, 6.07) is 5.85. The molecule has 0 radical (unpaired) electrons. The number of aromatic nitrogens is 3. The quantitative estimate of drug-likeness (QED) is 0.671. The van der Waals surface area contributed by atoms with Crippen molar-refractivity contribution in [3.63, 3.8) is 0 Å². The number of Topliss-reactive ketones (excluding diaryl/α,β-unsaturated/α-hetero) is 1. The van der Waals surface area contributed by atoms with Gasteiger partial charge in [0.1, 0.15) is 23.7 Å². The van der Waals surface area contributed by atoms with Gasteiger partial charge >= 0.3 is 0 Å². The maximum Gasteiger partial charge on any atom is 0.256 e. The molecule has 0 aliphatic heterocycles. The molecule has 0 atom stereocenters. The number of pyridine rings is 1. The minimum absolute atomic E-state index is 0.0209. The van der Waals surface area contributed by atoms with Crippen LogP contribution < -0.4 is 10.9 Å². The van der Waals surface area contributed by atoms with Crippen LogP contribution in [0.15, 0.2) is 35.4 Å². The van der Waals surface area contributed by atoms with Gasteiger partial charge in [-0.3, -0.25) is 9.59 Å². The monoisotopic (exact) mass is 412 g/mol. The normalized spacial score (nSPS) is 13.1.